The van der Waals surface area contributed by atoms with Gasteiger partial charge in [0.2, 0.25) is 5.91 Å². The highest BCUT2D eigenvalue weighted by Crippen LogP contribution is 2.19. The number of hydrogen-bond acceptors (Lipinski definition) is 3. The first-order chi connectivity index (χ1) is 10.7. The number of rotatable bonds is 4. The van der Waals surface area contributed by atoms with Crippen LogP contribution in [-0.4, -0.2) is 49.4 Å². The Labute approximate surface area is 143 Å². The highest BCUT2D eigenvalue weighted by atomic mass is 35.5. The van der Waals surface area contributed by atoms with Crippen LogP contribution in [0, 0.1) is 11.8 Å². The maximum absolute atomic E-state index is 12.3. The van der Waals surface area contributed by atoms with E-state index < -0.39 is 0 Å². The Balaban J connectivity index is 0.00000192. The van der Waals surface area contributed by atoms with Crippen LogP contribution in [0.15, 0.2) is 30.3 Å². The van der Waals surface area contributed by atoms with Gasteiger partial charge in [0.15, 0.2) is 0 Å². The minimum atomic E-state index is -0.0350. The fourth-order valence-corrected chi connectivity index (χ4v) is 3.08. The predicted molar refractivity (Wildman–Crippen MR) is 91.7 cm³/mol. The average Bonchev–Trinajstić information content (AvgIpc) is 2.52. The van der Waals surface area contributed by atoms with Gasteiger partial charge in [-0.15, -0.1) is 12.4 Å². The van der Waals surface area contributed by atoms with Crippen LogP contribution in [0.25, 0.3) is 0 Å². The molecule has 23 heavy (non-hydrogen) atoms. The minimum absolute atomic E-state index is 0. The summed E-state index contributed by atoms with van der Waals surface area (Å²) in [4.78, 5) is 26.3. The monoisotopic (exact) mass is 337 g/mol. The molecule has 0 aromatic heterocycles. The number of halogens is 1. The molecule has 2 heterocycles. The van der Waals surface area contributed by atoms with Gasteiger partial charge in [0.05, 0.1) is 5.92 Å². The van der Waals surface area contributed by atoms with E-state index in [1.165, 1.54) is 0 Å². The number of piperidine rings is 1. The van der Waals surface area contributed by atoms with Crippen molar-refractivity contribution < 1.29 is 9.59 Å². The first-order valence-corrected chi connectivity index (χ1v) is 8.07. The maximum Gasteiger partial charge on any atom is 0.251 e. The standard InChI is InChI=1S/C17H23N3O2.ClH/c21-16(14-6-2-1-3-7-14)19-9-13-5-4-8-20(12-13)17(22)15-10-18-11-15;/h1-3,6-7,13,15,18H,4-5,8-12H2,(H,19,21);1H. The highest BCUT2D eigenvalue weighted by molar-refractivity contribution is 5.94. The van der Waals surface area contributed by atoms with E-state index in [1.54, 1.807) is 0 Å². The number of nitrogens with zero attached hydrogens (tertiary/aromatic N) is 1. The zero-order valence-electron chi connectivity index (χ0n) is 13.2. The third-order valence-electron chi connectivity index (χ3n) is 4.55. The van der Waals surface area contributed by atoms with Crippen molar-refractivity contribution in [3.05, 3.63) is 35.9 Å². The van der Waals surface area contributed by atoms with Gasteiger partial charge in [-0.2, -0.15) is 0 Å². The summed E-state index contributed by atoms with van der Waals surface area (Å²) >= 11 is 0. The maximum atomic E-state index is 12.3. The van der Waals surface area contributed by atoms with Gasteiger partial charge in [-0.1, -0.05) is 18.2 Å². The molecular formula is C17H24ClN3O2. The second-order valence-corrected chi connectivity index (χ2v) is 6.22. The first-order valence-electron chi connectivity index (χ1n) is 8.07. The SMILES string of the molecule is Cl.O=C(NCC1CCCN(C(=O)C2CNC2)C1)c1ccccc1. The van der Waals surface area contributed by atoms with Crippen molar-refractivity contribution in [2.24, 2.45) is 11.8 Å². The van der Waals surface area contributed by atoms with E-state index in [0.717, 1.165) is 39.0 Å². The van der Waals surface area contributed by atoms with E-state index in [1.807, 2.05) is 35.2 Å². The Morgan fingerprint density at radius 3 is 2.61 bits per heavy atom. The van der Waals surface area contributed by atoms with Crippen molar-refractivity contribution in [3.8, 4) is 0 Å². The van der Waals surface area contributed by atoms with E-state index in [0.29, 0.717) is 18.0 Å². The van der Waals surface area contributed by atoms with Gasteiger partial charge in [-0.05, 0) is 30.9 Å². The van der Waals surface area contributed by atoms with Gasteiger partial charge in [-0.25, -0.2) is 0 Å². The van der Waals surface area contributed by atoms with Crippen LogP contribution in [-0.2, 0) is 4.79 Å². The summed E-state index contributed by atoms with van der Waals surface area (Å²) in [6.07, 6.45) is 2.10. The molecule has 1 aromatic rings. The molecule has 2 saturated heterocycles. The van der Waals surface area contributed by atoms with E-state index in [4.69, 9.17) is 0 Å². The predicted octanol–water partition coefficient (Wildman–Crippen LogP) is 1.30. The van der Waals surface area contributed by atoms with Crippen molar-refractivity contribution in [2.45, 2.75) is 12.8 Å². The lowest BCUT2D eigenvalue weighted by molar-refractivity contribution is -0.138. The molecule has 2 N–H and O–H groups in total. The summed E-state index contributed by atoms with van der Waals surface area (Å²) < 4.78 is 0. The zero-order valence-corrected chi connectivity index (χ0v) is 14.0. The van der Waals surface area contributed by atoms with E-state index in [2.05, 4.69) is 10.6 Å². The minimum Gasteiger partial charge on any atom is -0.352 e. The molecule has 3 rings (SSSR count). The lowest BCUT2D eigenvalue weighted by Gasteiger charge is -2.37. The van der Waals surface area contributed by atoms with Crippen LogP contribution < -0.4 is 10.6 Å². The molecule has 126 valence electrons. The molecule has 0 aliphatic carbocycles. The van der Waals surface area contributed by atoms with Crippen LogP contribution in [0.4, 0.5) is 0 Å². The lowest BCUT2D eigenvalue weighted by atomic mass is 9.94. The molecule has 6 heteroatoms. The Morgan fingerprint density at radius 2 is 1.96 bits per heavy atom. The van der Waals surface area contributed by atoms with Gasteiger partial charge < -0.3 is 15.5 Å². The van der Waals surface area contributed by atoms with Crippen molar-refractivity contribution in [3.63, 3.8) is 0 Å². The summed E-state index contributed by atoms with van der Waals surface area (Å²) in [5, 5.41) is 6.14. The third kappa shape index (κ3) is 4.45. The number of likely N-dealkylation sites (tertiary alicyclic amines) is 1. The summed E-state index contributed by atoms with van der Waals surface area (Å²) in [5.74, 6) is 0.765. The molecular weight excluding hydrogens is 314 g/mol. The van der Waals surface area contributed by atoms with Gasteiger partial charge >= 0.3 is 0 Å². The Kier molecular flexibility index (Phi) is 6.42. The normalized spacial score (nSPS) is 21.0. The van der Waals surface area contributed by atoms with Crippen molar-refractivity contribution in [1.29, 1.82) is 0 Å². The second-order valence-electron chi connectivity index (χ2n) is 6.22. The number of hydrogen-bond donors (Lipinski definition) is 2. The number of carbonyl (C=O) groups is 2. The van der Waals surface area contributed by atoms with Crippen LogP contribution in [0.5, 0.6) is 0 Å². The van der Waals surface area contributed by atoms with Crippen LogP contribution in [0.3, 0.4) is 0 Å². The molecule has 0 saturated carbocycles. The van der Waals surface area contributed by atoms with Crippen molar-refractivity contribution >= 4 is 24.2 Å². The number of nitrogens with one attached hydrogen (secondary N) is 2. The molecule has 1 aromatic carbocycles. The number of benzene rings is 1. The van der Waals surface area contributed by atoms with Crippen molar-refractivity contribution in [1.82, 2.24) is 15.5 Å². The number of carbonyl (C=O) groups excluding carboxylic acids is 2. The molecule has 0 bridgehead atoms. The smallest absolute Gasteiger partial charge is 0.251 e. The van der Waals surface area contributed by atoms with Gasteiger partial charge in [0.25, 0.3) is 5.91 Å². The van der Waals surface area contributed by atoms with Gasteiger partial charge in [0, 0.05) is 38.3 Å². The van der Waals surface area contributed by atoms with Crippen LogP contribution >= 0.6 is 12.4 Å². The third-order valence-corrected chi connectivity index (χ3v) is 4.55. The summed E-state index contributed by atoms with van der Waals surface area (Å²) in [6, 6.07) is 9.26. The summed E-state index contributed by atoms with van der Waals surface area (Å²) in [5.41, 5.74) is 0.687. The molecule has 1 atom stereocenters. The van der Waals surface area contributed by atoms with Crippen molar-refractivity contribution in [2.75, 3.05) is 32.7 Å². The molecule has 2 aliphatic rings. The fourth-order valence-electron chi connectivity index (χ4n) is 3.08. The van der Waals surface area contributed by atoms with E-state index >= 15 is 0 Å². The molecule has 1 unspecified atom stereocenters. The summed E-state index contributed by atoms with van der Waals surface area (Å²) in [7, 11) is 0. The largest absolute Gasteiger partial charge is 0.352 e. The number of amides is 2. The molecule has 2 amide bonds. The second kappa shape index (κ2) is 8.31. The zero-order chi connectivity index (χ0) is 15.4. The van der Waals surface area contributed by atoms with Crippen LogP contribution in [0.1, 0.15) is 23.2 Å². The highest BCUT2D eigenvalue weighted by Gasteiger charge is 2.32. The van der Waals surface area contributed by atoms with Crippen LogP contribution in [0.2, 0.25) is 0 Å². The summed E-state index contributed by atoms with van der Waals surface area (Å²) in [6.45, 7) is 3.89. The Bertz CT molecular complexity index is 534. The van der Waals surface area contributed by atoms with E-state index in [-0.39, 0.29) is 30.1 Å². The lowest BCUT2D eigenvalue weighted by Crippen LogP contribution is -2.54. The average molecular weight is 338 g/mol. The Morgan fingerprint density at radius 1 is 1.22 bits per heavy atom. The molecule has 5 nitrogen and oxygen atoms in total. The molecule has 0 radical (unpaired) electrons. The van der Waals surface area contributed by atoms with Gasteiger partial charge in [-0.3, -0.25) is 9.59 Å². The molecule has 2 aliphatic heterocycles. The Hall–Kier alpha value is -1.59. The first kappa shape index (κ1) is 17.8. The van der Waals surface area contributed by atoms with Gasteiger partial charge in [0.1, 0.15) is 0 Å². The topological polar surface area (TPSA) is 61.4 Å². The quantitative estimate of drug-likeness (QED) is 0.870. The van der Waals surface area contributed by atoms with E-state index in [9.17, 15) is 9.59 Å². The molecule has 2 fully saturated rings. The fraction of sp³-hybridized carbons (Fsp3) is 0.529. The molecule has 0 spiro atoms.